The summed E-state index contributed by atoms with van der Waals surface area (Å²) in [5, 5.41) is 32.3. The van der Waals surface area contributed by atoms with Gasteiger partial charge in [0.25, 0.3) is 0 Å². The first-order chi connectivity index (χ1) is 6.62. The highest BCUT2D eigenvalue weighted by molar-refractivity contribution is 5.68. The van der Waals surface area contributed by atoms with E-state index in [1.807, 2.05) is 0 Å². The first-order valence-electron chi connectivity index (χ1n) is 4.54. The molecule has 0 saturated carbocycles. The summed E-state index contributed by atoms with van der Waals surface area (Å²) >= 11 is 0. The average molecular weight is 204 g/mol. The molecule has 6 nitrogen and oxygen atoms in total. The highest BCUT2D eigenvalue weighted by Gasteiger charge is 2.40. The van der Waals surface area contributed by atoms with Crippen LogP contribution in [0.25, 0.3) is 0 Å². The number of aliphatic hydroxyl groups excluding tert-OH is 2. The molecule has 0 atom stereocenters. The van der Waals surface area contributed by atoms with Crippen molar-refractivity contribution in [1.82, 2.24) is 10.6 Å². The summed E-state index contributed by atoms with van der Waals surface area (Å²) in [4.78, 5) is 10.6. The van der Waals surface area contributed by atoms with Gasteiger partial charge in [0.15, 0.2) is 0 Å². The second-order valence-corrected chi connectivity index (χ2v) is 3.66. The van der Waals surface area contributed by atoms with Crippen LogP contribution >= 0.6 is 0 Å². The van der Waals surface area contributed by atoms with Crippen LogP contribution in [0.15, 0.2) is 0 Å². The molecule has 1 aliphatic rings. The first-order valence-corrected chi connectivity index (χ1v) is 4.54. The fourth-order valence-electron chi connectivity index (χ4n) is 1.58. The quantitative estimate of drug-likeness (QED) is 0.335. The Bertz CT molecular complexity index is 202. The van der Waals surface area contributed by atoms with Crippen LogP contribution in [0.5, 0.6) is 0 Å². The molecular formula is C8H16N2O4. The summed E-state index contributed by atoms with van der Waals surface area (Å²) in [6.07, 6.45) is -0.00347. The minimum absolute atomic E-state index is 0.00347. The van der Waals surface area contributed by atoms with Crippen molar-refractivity contribution in [3.63, 3.8) is 0 Å². The maximum atomic E-state index is 10.6. The van der Waals surface area contributed by atoms with Crippen LogP contribution in [0.4, 0.5) is 0 Å². The predicted molar refractivity (Wildman–Crippen MR) is 48.9 cm³/mol. The Morgan fingerprint density at radius 1 is 1.43 bits per heavy atom. The molecule has 1 rings (SSSR count). The van der Waals surface area contributed by atoms with E-state index in [0.29, 0.717) is 13.1 Å². The molecule has 0 aromatic rings. The van der Waals surface area contributed by atoms with E-state index in [0.717, 1.165) is 0 Å². The van der Waals surface area contributed by atoms with Gasteiger partial charge in [-0.05, 0) is 0 Å². The number of carboxylic acid groups (broad SMARTS) is 1. The maximum Gasteiger partial charge on any atom is 0.305 e. The van der Waals surface area contributed by atoms with E-state index in [1.165, 1.54) is 0 Å². The van der Waals surface area contributed by atoms with Crippen LogP contribution in [0.2, 0.25) is 0 Å². The number of hydrogen-bond donors (Lipinski definition) is 5. The minimum Gasteiger partial charge on any atom is -0.481 e. The Hall–Kier alpha value is -0.690. The lowest BCUT2D eigenvalue weighted by atomic mass is 9.87. The number of aliphatic carboxylic acids is 1. The van der Waals surface area contributed by atoms with Gasteiger partial charge in [0.2, 0.25) is 0 Å². The standard InChI is InChI=1S/C8H16N2O4/c11-2-6(3-12)10-8(1-7(13)14)4-9-5-8/h6,9-12H,1-5H2,(H,13,14). The number of carboxylic acids is 1. The molecule has 0 aromatic heterocycles. The van der Waals surface area contributed by atoms with Crippen molar-refractivity contribution in [2.24, 2.45) is 0 Å². The van der Waals surface area contributed by atoms with Crippen molar-refractivity contribution < 1.29 is 20.1 Å². The molecule has 14 heavy (non-hydrogen) atoms. The lowest BCUT2D eigenvalue weighted by Gasteiger charge is -2.44. The smallest absolute Gasteiger partial charge is 0.305 e. The molecule has 0 unspecified atom stereocenters. The zero-order valence-corrected chi connectivity index (χ0v) is 7.86. The lowest BCUT2D eigenvalue weighted by molar-refractivity contribution is -0.139. The second kappa shape index (κ2) is 4.70. The van der Waals surface area contributed by atoms with E-state index in [4.69, 9.17) is 15.3 Å². The number of rotatable bonds is 6. The van der Waals surface area contributed by atoms with Gasteiger partial charge in [-0.1, -0.05) is 0 Å². The number of carbonyl (C=O) groups is 1. The molecule has 0 amide bonds. The molecule has 0 radical (unpaired) electrons. The minimum atomic E-state index is -0.881. The average Bonchev–Trinajstić information content (AvgIpc) is 2.09. The number of aliphatic hydroxyl groups is 2. The van der Waals surface area contributed by atoms with E-state index in [1.54, 1.807) is 0 Å². The molecule has 5 N–H and O–H groups in total. The van der Waals surface area contributed by atoms with Gasteiger partial charge in [0.1, 0.15) is 0 Å². The summed E-state index contributed by atoms with van der Waals surface area (Å²) < 4.78 is 0. The van der Waals surface area contributed by atoms with E-state index in [9.17, 15) is 4.79 Å². The maximum absolute atomic E-state index is 10.6. The molecule has 6 heteroatoms. The Morgan fingerprint density at radius 3 is 2.29 bits per heavy atom. The zero-order chi connectivity index (χ0) is 10.6. The zero-order valence-electron chi connectivity index (χ0n) is 7.86. The van der Waals surface area contributed by atoms with E-state index >= 15 is 0 Å². The SMILES string of the molecule is O=C(O)CC1(NC(CO)CO)CNC1. The van der Waals surface area contributed by atoms with Crippen molar-refractivity contribution in [1.29, 1.82) is 0 Å². The van der Waals surface area contributed by atoms with Crippen molar-refractivity contribution >= 4 is 5.97 Å². The molecule has 1 fully saturated rings. The molecule has 82 valence electrons. The van der Waals surface area contributed by atoms with Crippen molar-refractivity contribution in [3.8, 4) is 0 Å². The molecule has 0 bridgehead atoms. The van der Waals surface area contributed by atoms with Crippen molar-refractivity contribution in [2.75, 3.05) is 26.3 Å². The van der Waals surface area contributed by atoms with E-state index in [2.05, 4.69) is 10.6 Å². The first kappa shape index (κ1) is 11.4. The van der Waals surface area contributed by atoms with E-state index in [-0.39, 0.29) is 19.6 Å². The number of nitrogens with one attached hydrogen (secondary N) is 2. The topological polar surface area (TPSA) is 102 Å². The molecule has 1 aliphatic heterocycles. The molecule has 0 aromatic carbocycles. The van der Waals surface area contributed by atoms with Gasteiger partial charge in [-0.3, -0.25) is 4.79 Å². The van der Waals surface area contributed by atoms with Gasteiger partial charge >= 0.3 is 5.97 Å². The van der Waals surface area contributed by atoms with Gasteiger partial charge in [-0.25, -0.2) is 0 Å². The fraction of sp³-hybridized carbons (Fsp3) is 0.875. The van der Waals surface area contributed by atoms with Gasteiger partial charge in [0, 0.05) is 13.1 Å². The van der Waals surface area contributed by atoms with Crippen LogP contribution in [-0.2, 0) is 4.79 Å². The third-order valence-electron chi connectivity index (χ3n) is 2.37. The molecule has 1 saturated heterocycles. The predicted octanol–water partition coefficient (Wildman–Crippen LogP) is -2.25. The molecule has 0 aliphatic carbocycles. The third-order valence-corrected chi connectivity index (χ3v) is 2.37. The summed E-state index contributed by atoms with van der Waals surface area (Å²) in [7, 11) is 0. The second-order valence-electron chi connectivity index (χ2n) is 3.66. The van der Waals surface area contributed by atoms with Crippen LogP contribution in [0.1, 0.15) is 6.42 Å². The molecular weight excluding hydrogens is 188 g/mol. The van der Waals surface area contributed by atoms with Crippen LogP contribution in [0, 0.1) is 0 Å². The van der Waals surface area contributed by atoms with E-state index < -0.39 is 17.6 Å². The Morgan fingerprint density at radius 2 is 2.00 bits per heavy atom. The van der Waals surface area contributed by atoms with Gasteiger partial charge in [-0.15, -0.1) is 0 Å². The van der Waals surface area contributed by atoms with Crippen LogP contribution < -0.4 is 10.6 Å². The summed E-state index contributed by atoms with van der Waals surface area (Å²) in [6.45, 7) is 0.710. The summed E-state index contributed by atoms with van der Waals surface area (Å²) in [5.41, 5.74) is -0.512. The van der Waals surface area contributed by atoms with Gasteiger partial charge in [0.05, 0.1) is 31.2 Å². The van der Waals surface area contributed by atoms with Crippen LogP contribution in [0.3, 0.4) is 0 Å². The highest BCUT2D eigenvalue weighted by Crippen LogP contribution is 2.16. The normalized spacial score (nSPS) is 19.4. The largest absolute Gasteiger partial charge is 0.481 e. The summed E-state index contributed by atoms with van der Waals surface area (Å²) in [6, 6.07) is -0.448. The Labute approximate surface area is 81.9 Å². The van der Waals surface area contributed by atoms with Gasteiger partial charge in [-0.2, -0.15) is 0 Å². The molecule has 1 heterocycles. The van der Waals surface area contributed by atoms with Crippen molar-refractivity contribution in [2.45, 2.75) is 18.0 Å². The summed E-state index contributed by atoms with van der Waals surface area (Å²) in [5.74, 6) is -0.881. The van der Waals surface area contributed by atoms with Crippen molar-refractivity contribution in [3.05, 3.63) is 0 Å². The van der Waals surface area contributed by atoms with Gasteiger partial charge < -0.3 is 26.0 Å². The highest BCUT2D eigenvalue weighted by atomic mass is 16.4. The van der Waals surface area contributed by atoms with Crippen LogP contribution in [-0.4, -0.2) is 59.2 Å². The lowest BCUT2D eigenvalue weighted by Crippen LogP contribution is -2.71. The molecule has 0 spiro atoms. The fourth-order valence-corrected chi connectivity index (χ4v) is 1.58. The number of hydrogen-bond acceptors (Lipinski definition) is 5. The Kier molecular flexibility index (Phi) is 3.82. The third kappa shape index (κ3) is 2.65. The Balaban J connectivity index is 2.48. The monoisotopic (exact) mass is 204 g/mol.